The van der Waals surface area contributed by atoms with E-state index in [0.717, 1.165) is 37.3 Å². The van der Waals surface area contributed by atoms with Crippen molar-refractivity contribution in [2.45, 2.75) is 50.6 Å². The minimum atomic E-state index is -0.745. The molecule has 7 heteroatoms. The fraction of sp³-hybridized carbons (Fsp3) is 0.800. The minimum absolute atomic E-state index is 0.0886. The number of carbonyl (C=O) groups excluding carboxylic acids is 3. The SMILES string of the molecule is C[C@H]1CNCCN1C(=O)CN1C(=O)NC2(CCCCC2)C1=O. The number of amides is 4. The first-order valence-electron chi connectivity index (χ1n) is 8.18. The maximum atomic E-state index is 12.7. The van der Waals surface area contributed by atoms with E-state index in [9.17, 15) is 14.4 Å². The molecule has 0 radical (unpaired) electrons. The van der Waals surface area contributed by atoms with E-state index < -0.39 is 11.6 Å². The second-order valence-corrected chi connectivity index (χ2v) is 6.60. The molecule has 0 unspecified atom stereocenters. The van der Waals surface area contributed by atoms with Crippen LogP contribution in [0.1, 0.15) is 39.0 Å². The summed E-state index contributed by atoms with van der Waals surface area (Å²) in [4.78, 5) is 40.1. The maximum Gasteiger partial charge on any atom is 0.325 e. The lowest BCUT2D eigenvalue weighted by atomic mass is 9.82. The molecule has 0 aromatic rings. The van der Waals surface area contributed by atoms with E-state index in [4.69, 9.17) is 0 Å². The zero-order chi connectivity index (χ0) is 15.7. The number of hydrogen-bond donors (Lipinski definition) is 2. The molecule has 3 aliphatic rings. The van der Waals surface area contributed by atoms with Crippen molar-refractivity contribution in [2.24, 2.45) is 0 Å². The van der Waals surface area contributed by atoms with Gasteiger partial charge in [0, 0.05) is 25.7 Å². The summed E-state index contributed by atoms with van der Waals surface area (Å²) in [6.07, 6.45) is 4.37. The van der Waals surface area contributed by atoms with E-state index in [-0.39, 0.29) is 24.4 Å². The predicted molar refractivity (Wildman–Crippen MR) is 80.1 cm³/mol. The highest BCUT2D eigenvalue weighted by Gasteiger charge is 2.51. The Balaban J connectivity index is 1.68. The van der Waals surface area contributed by atoms with Crippen LogP contribution in [0.25, 0.3) is 0 Å². The first-order chi connectivity index (χ1) is 10.5. The van der Waals surface area contributed by atoms with Gasteiger partial charge < -0.3 is 15.5 Å². The summed E-state index contributed by atoms with van der Waals surface area (Å²) in [7, 11) is 0. The number of carbonyl (C=O) groups is 3. The topological polar surface area (TPSA) is 81.8 Å². The van der Waals surface area contributed by atoms with Crippen molar-refractivity contribution < 1.29 is 14.4 Å². The van der Waals surface area contributed by atoms with Crippen LogP contribution in [0.2, 0.25) is 0 Å². The molecular weight excluding hydrogens is 284 g/mol. The molecule has 3 fully saturated rings. The third kappa shape index (κ3) is 2.58. The molecule has 7 nitrogen and oxygen atoms in total. The van der Waals surface area contributed by atoms with Crippen LogP contribution in [-0.4, -0.2) is 65.4 Å². The number of nitrogens with zero attached hydrogens (tertiary/aromatic N) is 2. The van der Waals surface area contributed by atoms with E-state index in [0.29, 0.717) is 19.4 Å². The van der Waals surface area contributed by atoms with Crippen LogP contribution in [0.5, 0.6) is 0 Å². The maximum absolute atomic E-state index is 12.7. The summed E-state index contributed by atoms with van der Waals surface area (Å²) < 4.78 is 0. The molecule has 0 bridgehead atoms. The summed E-state index contributed by atoms with van der Waals surface area (Å²) in [5.41, 5.74) is -0.745. The molecule has 1 aliphatic carbocycles. The van der Waals surface area contributed by atoms with Gasteiger partial charge in [0.05, 0.1) is 0 Å². The van der Waals surface area contributed by atoms with Crippen LogP contribution < -0.4 is 10.6 Å². The van der Waals surface area contributed by atoms with Crippen molar-refractivity contribution in [1.29, 1.82) is 0 Å². The molecule has 2 aliphatic heterocycles. The third-order valence-corrected chi connectivity index (χ3v) is 5.07. The second-order valence-electron chi connectivity index (χ2n) is 6.60. The van der Waals surface area contributed by atoms with Gasteiger partial charge in [-0.25, -0.2) is 4.79 Å². The summed E-state index contributed by atoms with van der Waals surface area (Å²) in [6, 6.07) is -0.325. The highest BCUT2D eigenvalue weighted by Crippen LogP contribution is 2.33. The van der Waals surface area contributed by atoms with Crippen molar-refractivity contribution in [3.05, 3.63) is 0 Å². The van der Waals surface area contributed by atoms with Crippen LogP contribution >= 0.6 is 0 Å². The average molecular weight is 308 g/mol. The van der Waals surface area contributed by atoms with Gasteiger partial charge in [-0.1, -0.05) is 19.3 Å². The van der Waals surface area contributed by atoms with Gasteiger partial charge in [0.15, 0.2) is 0 Å². The molecule has 3 rings (SSSR count). The Morgan fingerprint density at radius 2 is 2.00 bits per heavy atom. The third-order valence-electron chi connectivity index (χ3n) is 5.07. The van der Waals surface area contributed by atoms with Gasteiger partial charge in [0.2, 0.25) is 5.91 Å². The second kappa shape index (κ2) is 5.87. The Morgan fingerprint density at radius 1 is 1.27 bits per heavy atom. The number of nitrogens with one attached hydrogen (secondary N) is 2. The number of imide groups is 1. The smallest absolute Gasteiger partial charge is 0.325 e. The standard InChI is InChI=1S/C15H24N4O3/c1-11-9-16-7-8-18(11)12(20)10-19-13(21)15(17-14(19)22)5-3-2-4-6-15/h11,16H,2-10H2,1H3,(H,17,22)/t11-/m0/s1. The number of piperazine rings is 1. The molecule has 1 saturated carbocycles. The van der Waals surface area contributed by atoms with Gasteiger partial charge in [0.1, 0.15) is 12.1 Å². The highest BCUT2D eigenvalue weighted by molar-refractivity contribution is 6.09. The highest BCUT2D eigenvalue weighted by atomic mass is 16.2. The summed E-state index contributed by atoms with van der Waals surface area (Å²) in [5, 5.41) is 6.07. The molecule has 4 amide bonds. The molecule has 2 N–H and O–H groups in total. The lowest BCUT2D eigenvalue weighted by Gasteiger charge is -2.35. The van der Waals surface area contributed by atoms with E-state index in [1.807, 2.05) is 6.92 Å². The quantitative estimate of drug-likeness (QED) is 0.707. The molecular formula is C15H24N4O3. The molecule has 1 spiro atoms. The average Bonchev–Trinajstić information content (AvgIpc) is 2.73. The lowest BCUT2D eigenvalue weighted by Crippen LogP contribution is -2.55. The number of hydrogen-bond acceptors (Lipinski definition) is 4. The van der Waals surface area contributed by atoms with Gasteiger partial charge in [-0.2, -0.15) is 0 Å². The van der Waals surface area contributed by atoms with Gasteiger partial charge in [-0.15, -0.1) is 0 Å². The van der Waals surface area contributed by atoms with Crippen molar-refractivity contribution in [3.8, 4) is 0 Å². The van der Waals surface area contributed by atoms with E-state index >= 15 is 0 Å². The van der Waals surface area contributed by atoms with Crippen molar-refractivity contribution in [2.75, 3.05) is 26.2 Å². The van der Waals surface area contributed by atoms with E-state index in [1.165, 1.54) is 0 Å². The normalized spacial score (nSPS) is 28.1. The molecule has 2 saturated heterocycles. The molecule has 1 atom stereocenters. The van der Waals surface area contributed by atoms with Gasteiger partial charge >= 0.3 is 6.03 Å². The number of urea groups is 1. The molecule has 2 heterocycles. The Hall–Kier alpha value is -1.63. The molecule has 0 aromatic carbocycles. The summed E-state index contributed by atoms with van der Waals surface area (Å²) in [6.45, 7) is 3.94. The minimum Gasteiger partial charge on any atom is -0.336 e. The van der Waals surface area contributed by atoms with Gasteiger partial charge in [-0.3, -0.25) is 14.5 Å². The summed E-state index contributed by atoms with van der Waals surface area (Å²) in [5.74, 6) is -0.362. The Kier molecular flexibility index (Phi) is 4.08. The van der Waals surface area contributed by atoms with Crippen molar-refractivity contribution in [1.82, 2.24) is 20.4 Å². The summed E-state index contributed by atoms with van der Waals surface area (Å²) >= 11 is 0. The first-order valence-corrected chi connectivity index (χ1v) is 8.18. The Labute approximate surface area is 130 Å². The van der Waals surface area contributed by atoms with Crippen molar-refractivity contribution in [3.63, 3.8) is 0 Å². The van der Waals surface area contributed by atoms with Gasteiger partial charge in [-0.05, 0) is 19.8 Å². The monoisotopic (exact) mass is 308 g/mol. The van der Waals surface area contributed by atoms with Crippen LogP contribution in [0.4, 0.5) is 4.79 Å². The van der Waals surface area contributed by atoms with Crippen LogP contribution in [0.15, 0.2) is 0 Å². The predicted octanol–water partition coefficient (Wildman–Crippen LogP) is 0.0614. The first kappa shape index (κ1) is 15.3. The van der Waals surface area contributed by atoms with Crippen LogP contribution in [0.3, 0.4) is 0 Å². The van der Waals surface area contributed by atoms with Crippen LogP contribution in [-0.2, 0) is 9.59 Å². The Bertz CT molecular complexity index is 487. The van der Waals surface area contributed by atoms with E-state index in [1.54, 1.807) is 4.90 Å². The zero-order valence-corrected chi connectivity index (χ0v) is 13.1. The largest absolute Gasteiger partial charge is 0.336 e. The molecule has 22 heavy (non-hydrogen) atoms. The molecule has 0 aromatic heterocycles. The zero-order valence-electron chi connectivity index (χ0n) is 13.1. The fourth-order valence-electron chi connectivity index (χ4n) is 3.75. The van der Waals surface area contributed by atoms with Gasteiger partial charge in [0.25, 0.3) is 5.91 Å². The fourth-order valence-corrected chi connectivity index (χ4v) is 3.75. The van der Waals surface area contributed by atoms with E-state index in [2.05, 4.69) is 10.6 Å². The lowest BCUT2D eigenvalue weighted by molar-refractivity contribution is -0.141. The number of rotatable bonds is 2. The van der Waals surface area contributed by atoms with Crippen LogP contribution in [0, 0.1) is 0 Å². The Morgan fingerprint density at radius 3 is 2.68 bits per heavy atom. The molecule has 122 valence electrons. The van der Waals surface area contributed by atoms with Crippen molar-refractivity contribution >= 4 is 17.8 Å².